The van der Waals surface area contributed by atoms with Crippen molar-refractivity contribution >= 4 is 44.7 Å². The van der Waals surface area contributed by atoms with E-state index in [0.29, 0.717) is 22.8 Å². The molecular weight excluding hydrogens is 526 g/mol. The van der Waals surface area contributed by atoms with Gasteiger partial charge in [0, 0.05) is 34.9 Å². The first-order valence-corrected chi connectivity index (χ1v) is 13.3. The highest BCUT2D eigenvalue weighted by atomic mass is 32.2. The number of methoxy groups -OCH3 is 1. The number of carbonyl (C=O) groups is 1. The predicted molar refractivity (Wildman–Crippen MR) is 140 cm³/mol. The van der Waals surface area contributed by atoms with E-state index in [1.54, 1.807) is 7.11 Å². The minimum atomic E-state index is -3.96. The van der Waals surface area contributed by atoms with Crippen LogP contribution < -0.4 is 20.5 Å². The van der Waals surface area contributed by atoms with Crippen LogP contribution in [0.2, 0.25) is 0 Å². The lowest BCUT2D eigenvalue weighted by atomic mass is 10.1. The minimum absolute atomic E-state index is 0.00631. The van der Waals surface area contributed by atoms with Gasteiger partial charge in [-0.2, -0.15) is 13.2 Å². The molecule has 0 atom stereocenters. The number of carbonyl (C=O) groups excluding carboxylic acids is 1. The van der Waals surface area contributed by atoms with E-state index in [2.05, 4.69) is 15.3 Å². The molecule has 1 amide bonds. The van der Waals surface area contributed by atoms with E-state index in [1.165, 1.54) is 37.4 Å². The molecule has 38 heavy (non-hydrogen) atoms. The molecule has 0 aliphatic carbocycles. The lowest BCUT2D eigenvalue weighted by Gasteiger charge is -2.16. The highest BCUT2D eigenvalue weighted by Crippen LogP contribution is 2.40. The fourth-order valence-corrected chi connectivity index (χ4v) is 5.54. The van der Waals surface area contributed by atoms with E-state index in [4.69, 9.17) is 19.6 Å². The maximum atomic E-state index is 13.8. The summed E-state index contributed by atoms with van der Waals surface area (Å²) in [4.78, 5) is 19.9. The third-order valence-electron chi connectivity index (χ3n) is 5.51. The van der Waals surface area contributed by atoms with Crippen molar-refractivity contribution in [3.05, 3.63) is 42.0 Å². The Morgan fingerprint density at radius 1 is 1.21 bits per heavy atom. The Balaban J connectivity index is 0.000000599. The van der Waals surface area contributed by atoms with Gasteiger partial charge in [0.1, 0.15) is 35.1 Å². The number of rotatable bonds is 7. The third kappa shape index (κ3) is 7.76. The minimum Gasteiger partial charge on any atom is -0.494 e. The van der Waals surface area contributed by atoms with Crippen LogP contribution in [0.25, 0.3) is 10.9 Å². The second kappa shape index (κ2) is 12.9. The molecule has 0 bridgehead atoms. The summed E-state index contributed by atoms with van der Waals surface area (Å²) in [5.74, 6) is 2.38. The second-order valence-electron chi connectivity index (χ2n) is 8.33. The first kappa shape index (κ1) is 29.1. The summed E-state index contributed by atoms with van der Waals surface area (Å²) >= 11 is 0. The number of nitrogens with one attached hydrogen (secondary N) is 1. The van der Waals surface area contributed by atoms with Crippen molar-refractivity contribution in [3.63, 3.8) is 0 Å². The number of aromatic nitrogens is 2. The summed E-state index contributed by atoms with van der Waals surface area (Å²) in [6.45, 7) is 2.64. The largest absolute Gasteiger partial charge is 0.494 e. The number of nitrogens with zero attached hydrogens (tertiary/aromatic N) is 3. The number of anilines is 2. The molecule has 0 saturated carbocycles. The van der Waals surface area contributed by atoms with Crippen LogP contribution in [0.3, 0.4) is 0 Å². The molecule has 4 rings (SSSR count). The fourth-order valence-electron chi connectivity index (χ4n) is 3.66. The van der Waals surface area contributed by atoms with Gasteiger partial charge in [-0.25, -0.2) is 18.7 Å². The smallest absolute Gasteiger partial charge is 0.388 e. The van der Waals surface area contributed by atoms with Crippen LogP contribution in [0.1, 0.15) is 31.7 Å². The molecular formula is C25H29F4N5O3S. The zero-order chi connectivity index (χ0) is 27.9. The summed E-state index contributed by atoms with van der Waals surface area (Å²) in [6.07, 6.45) is -0.830. The van der Waals surface area contributed by atoms with Crippen molar-refractivity contribution in [2.45, 2.75) is 39.3 Å². The van der Waals surface area contributed by atoms with Crippen molar-refractivity contribution in [2.75, 3.05) is 30.5 Å². The van der Waals surface area contributed by atoms with Crippen LogP contribution in [-0.2, 0) is 15.5 Å². The summed E-state index contributed by atoms with van der Waals surface area (Å²) in [5, 5.41) is 3.92. The van der Waals surface area contributed by atoms with Gasteiger partial charge in [0.25, 0.3) is 5.91 Å². The lowest BCUT2D eigenvalue weighted by molar-refractivity contribution is -0.130. The Hall–Kier alpha value is -3.48. The zero-order valence-corrected chi connectivity index (χ0v) is 22.0. The van der Waals surface area contributed by atoms with Crippen molar-refractivity contribution in [1.29, 1.82) is 0 Å². The van der Waals surface area contributed by atoms with Gasteiger partial charge in [0.15, 0.2) is 6.61 Å². The maximum absolute atomic E-state index is 13.8. The third-order valence-corrected chi connectivity index (χ3v) is 7.48. The molecule has 1 fully saturated rings. The van der Waals surface area contributed by atoms with E-state index < -0.39 is 24.3 Å². The van der Waals surface area contributed by atoms with Gasteiger partial charge in [-0.05, 0) is 38.0 Å². The summed E-state index contributed by atoms with van der Waals surface area (Å²) in [6, 6.07) is 5.89. The lowest BCUT2D eigenvalue weighted by Crippen LogP contribution is -2.20. The first-order valence-electron chi connectivity index (χ1n) is 11.8. The summed E-state index contributed by atoms with van der Waals surface area (Å²) in [7, 11) is 1.63. The van der Waals surface area contributed by atoms with Crippen LogP contribution in [-0.4, -0.2) is 47.3 Å². The van der Waals surface area contributed by atoms with Gasteiger partial charge in [0.05, 0.1) is 18.3 Å². The number of hydrogen-bond acceptors (Lipinski definition) is 7. The molecule has 0 unspecified atom stereocenters. The number of fused-ring (bicyclic) bond motifs is 1. The molecule has 1 aliphatic rings. The van der Waals surface area contributed by atoms with Crippen molar-refractivity contribution in [2.24, 2.45) is 10.1 Å². The van der Waals surface area contributed by atoms with Crippen LogP contribution in [0.15, 0.2) is 35.0 Å². The van der Waals surface area contributed by atoms with Crippen LogP contribution in [0.4, 0.5) is 34.8 Å². The van der Waals surface area contributed by atoms with Gasteiger partial charge in [-0.1, -0.05) is 17.6 Å². The Labute approximate surface area is 220 Å². The number of primary amides is 1. The highest BCUT2D eigenvalue weighted by molar-refractivity contribution is 7.87. The molecule has 2 heterocycles. The van der Waals surface area contributed by atoms with Crippen LogP contribution >= 0.6 is 0 Å². The number of aryl methyl sites for hydroxylation is 1. The maximum Gasteiger partial charge on any atom is 0.388 e. The number of alkyl halides is 3. The quantitative estimate of drug-likeness (QED) is 0.352. The first-order chi connectivity index (χ1) is 18.0. The normalized spacial score (nSPS) is 13.6. The highest BCUT2D eigenvalue weighted by Gasteiger charge is 2.22. The number of amides is 1. The van der Waals surface area contributed by atoms with Crippen molar-refractivity contribution < 1.29 is 31.8 Å². The number of ether oxygens (including phenoxy) is 2. The van der Waals surface area contributed by atoms with Crippen molar-refractivity contribution in [1.82, 2.24) is 9.97 Å². The van der Waals surface area contributed by atoms with Crippen molar-refractivity contribution in [3.8, 4) is 11.5 Å². The Morgan fingerprint density at radius 2 is 1.89 bits per heavy atom. The molecule has 2 aromatic carbocycles. The average Bonchev–Trinajstić information content (AvgIpc) is 3.37. The molecule has 13 heteroatoms. The van der Waals surface area contributed by atoms with Crippen LogP contribution in [0.5, 0.6) is 11.5 Å². The van der Waals surface area contributed by atoms with E-state index in [1.807, 2.05) is 13.0 Å². The molecule has 8 nitrogen and oxygen atoms in total. The van der Waals surface area contributed by atoms with E-state index in [9.17, 15) is 22.4 Å². The van der Waals surface area contributed by atoms with Gasteiger partial charge in [0.2, 0.25) is 0 Å². The number of benzene rings is 2. The van der Waals surface area contributed by atoms with Gasteiger partial charge < -0.3 is 20.5 Å². The topological polar surface area (TPSA) is 112 Å². The SMILES string of the molecule is CCC(F)(F)F.COc1c(N=S2CCCC2)cc2ncnc(Nc3ccc(F)cc3OCC(N)=O)c2c1C. The molecule has 1 saturated heterocycles. The molecule has 3 N–H and O–H groups in total. The molecule has 1 aliphatic heterocycles. The standard InChI is InChI=1S/C22H24FN5O3S.C3H5F3/c1-13-20-16(10-17(21(13)30-2)28-32-7-3-4-8-32)25-12-26-22(20)27-15-6-5-14(23)9-18(15)31-11-19(24)29;1-2-3(4,5)6/h5-6,9-10,12H,3-4,7-8,11H2,1-2H3,(H2,24,29)(H,25,26,27);2H2,1H3. The molecule has 0 radical (unpaired) electrons. The van der Waals surface area contributed by atoms with Gasteiger partial charge >= 0.3 is 6.18 Å². The van der Waals surface area contributed by atoms with Gasteiger partial charge in [-0.3, -0.25) is 4.79 Å². The monoisotopic (exact) mass is 555 g/mol. The van der Waals surface area contributed by atoms with E-state index in [-0.39, 0.29) is 23.0 Å². The van der Waals surface area contributed by atoms with E-state index in [0.717, 1.165) is 35.1 Å². The molecule has 0 spiro atoms. The Morgan fingerprint density at radius 3 is 2.50 bits per heavy atom. The number of hydrogen-bond donors (Lipinski definition) is 2. The predicted octanol–water partition coefficient (Wildman–Crippen LogP) is 5.88. The number of nitrogens with two attached hydrogens (primary N) is 1. The molecule has 1 aromatic heterocycles. The average molecular weight is 556 g/mol. The Kier molecular flexibility index (Phi) is 9.84. The van der Waals surface area contributed by atoms with Gasteiger partial charge in [-0.15, -0.1) is 0 Å². The zero-order valence-electron chi connectivity index (χ0n) is 21.2. The summed E-state index contributed by atoms with van der Waals surface area (Å²) in [5.41, 5.74) is 7.94. The van der Waals surface area contributed by atoms with E-state index >= 15 is 0 Å². The summed E-state index contributed by atoms with van der Waals surface area (Å²) < 4.78 is 62.1. The Bertz CT molecular complexity index is 1330. The fraction of sp³-hybridized carbons (Fsp3) is 0.400. The number of halogens is 4. The second-order valence-corrected chi connectivity index (χ2v) is 10.3. The van der Waals surface area contributed by atoms with Crippen LogP contribution in [0, 0.1) is 12.7 Å². The molecule has 206 valence electrons. The molecule has 3 aromatic rings.